The van der Waals surface area contributed by atoms with E-state index in [2.05, 4.69) is 45.1 Å². The van der Waals surface area contributed by atoms with Gasteiger partial charge in [-0.3, -0.25) is 14.4 Å². The van der Waals surface area contributed by atoms with Crippen molar-refractivity contribution in [2.75, 3.05) is 13.2 Å². The van der Waals surface area contributed by atoms with Gasteiger partial charge in [0.05, 0.1) is 0 Å². The van der Waals surface area contributed by atoms with E-state index in [1.54, 1.807) is 0 Å². The lowest BCUT2D eigenvalue weighted by molar-refractivity contribution is -0.167. The van der Waals surface area contributed by atoms with Gasteiger partial charge in [-0.05, 0) is 44.9 Å². The van der Waals surface area contributed by atoms with Crippen LogP contribution in [0.1, 0.15) is 400 Å². The van der Waals surface area contributed by atoms with Gasteiger partial charge in [-0.15, -0.1) is 0 Å². The second-order valence-electron chi connectivity index (χ2n) is 24.2. The molecule has 0 aromatic carbocycles. The molecule has 0 aliphatic rings. The van der Waals surface area contributed by atoms with E-state index in [4.69, 9.17) is 14.2 Å². The summed E-state index contributed by atoms with van der Waals surface area (Å²) in [4.78, 5) is 38.2. The molecule has 0 heterocycles. The highest BCUT2D eigenvalue weighted by Crippen LogP contribution is 2.19. The van der Waals surface area contributed by atoms with E-state index >= 15 is 0 Å². The molecule has 6 heteroatoms. The molecular weight excluding hydrogens is 961 g/mol. The van der Waals surface area contributed by atoms with Crippen molar-refractivity contribution in [1.29, 1.82) is 0 Å². The van der Waals surface area contributed by atoms with Gasteiger partial charge in [0.25, 0.3) is 0 Å². The van der Waals surface area contributed by atoms with Crippen molar-refractivity contribution in [3.63, 3.8) is 0 Å². The van der Waals surface area contributed by atoms with Crippen LogP contribution in [-0.4, -0.2) is 37.2 Å². The van der Waals surface area contributed by atoms with Crippen LogP contribution in [0.25, 0.3) is 0 Å². The molecule has 0 rings (SSSR count). The second kappa shape index (κ2) is 67.4. The Balaban J connectivity index is 3.97. The topological polar surface area (TPSA) is 78.9 Å². The molecule has 0 aliphatic heterocycles. The van der Waals surface area contributed by atoms with Crippen molar-refractivity contribution in [3.05, 3.63) is 24.3 Å². The number of hydrogen-bond acceptors (Lipinski definition) is 6. The molecule has 0 aromatic rings. The average molecular weight is 1100 g/mol. The van der Waals surface area contributed by atoms with E-state index < -0.39 is 6.10 Å². The lowest BCUT2D eigenvalue weighted by Crippen LogP contribution is -2.30. The summed E-state index contributed by atoms with van der Waals surface area (Å²) in [7, 11) is 0. The third-order valence-electron chi connectivity index (χ3n) is 16.2. The van der Waals surface area contributed by atoms with Crippen LogP contribution in [0.2, 0.25) is 0 Å². The Labute approximate surface area is 487 Å². The highest BCUT2D eigenvalue weighted by molar-refractivity contribution is 5.71. The Hall–Kier alpha value is -2.11. The first kappa shape index (κ1) is 75.9. The molecule has 0 aromatic heterocycles. The van der Waals surface area contributed by atoms with Crippen molar-refractivity contribution >= 4 is 17.9 Å². The summed E-state index contributed by atoms with van der Waals surface area (Å²) in [5.41, 5.74) is 0. The van der Waals surface area contributed by atoms with E-state index in [0.717, 1.165) is 83.5 Å². The van der Waals surface area contributed by atoms with Crippen LogP contribution in [0, 0.1) is 0 Å². The number of ether oxygens (including phenoxy) is 3. The van der Waals surface area contributed by atoms with Crippen molar-refractivity contribution in [2.45, 2.75) is 406 Å². The molecule has 1 unspecified atom stereocenters. The molecule has 0 fully saturated rings. The number of carbonyl (C=O) groups is 3. The van der Waals surface area contributed by atoms with Gasteiger partial charge < -0.3 is 14.2 Å². The minimum Gasteiger partial charge on any atom is -0.462 e. The molecule has 0 radical (unpaired) electrons. The van der Waals surface area contributed by atoms with Crippen molar-refractivity contribution in [1.82, 2.24) is 0 Å². The van der Waals surface area contributed by atoms with Crippen LogP contribution < -0.4 is 0 Å². The lowest BCUT2D eigenvalue weighted by atomic mass is 10.0. The normalized spacial score (nSPS) is 12.1. The fourth-order valence-corrected chi connectivity index (χ4v) is 10.9. The van der Waals surface area contributed by atoms with E-state index in [0.29, 0.717) is 19.3 Å². The van der Waals surface area contributed by atoms with Crippen molar-refractivity contribution < 1.29 is 28.6 Å². The molecule has 6 nitrogen and oxygen atoms in total. The minimum atomic E-state index is -0.774. The fraction of sp³-hybridized carbons (Fsp3) is 0.903. The lowest BCUT2D eigenvalue weighted by Gasteiger charge is -2.18. The van der Waals surface area contributed by atoms with E-state index in [-0.39, 0.29) is 31.1 Å². The summed E-state index contributed by atoms with van der Waals surface area (Å²) in [5, 5.41) is 0. The minimum absolute atomic E-state index is 0.0714. The fourth-order valence-electron chi connectivity index (χ4n) is 10.9. The summed E-state index contributed by atoms with van der Waals surface area (Å²) in [5.74, 6) is -0.861. The zero-order valence-corrected chi connectivity index (χ0v) is 53.0. The average Bonchev–Trinajstić information content (AvgIpc) is 3.44. The molecule has 0 spiro atoms. The monoisotopic (exact) mass is 1100 g/mol. The molecule has 0 N–H and O–H groups in total. The quantitative estimate of drug-likeness (QED) is 0.0261. The highest BCUT2D eigenvalue weighted by atomic mass is 16.6. The highest BCUT2D eigenvalue weighted by Gasteiger charge is 2.19. The van der Waals surface area contributed by atoms with Crippen LogP contribution in [-0.2, 0) is 28.6 Å². The van der Waals surface area contributed by atoms with Crippen LogP contribution in [0.4, 0.5) is 0 Å². The van der Waals surface area contributed by atoms with E-state index in [9.17, 15) is 14.4 Å². The molecule has 1 atom stereocenters. The van der Waals surface area contributed by atoms with Crippen LogP contribution in [0.5, 0.6) is 0 Å². The summed E-state index contributed by atoms with van der Waals surface area (Å²) in [6.45, 7) is 6.65. The smallest absolute Gasteiger partial charge is 0.306 e. The van der Waals surface area contributed by atoms with Crippen LogP contribution in [0.3, 0.4) is 0 Å². The zero-order valence-electron chi connectivity index (χ0n) is 53.0. The summed E-state index contributed by atoms with van der Waals surface area (Å²) < 4.78 is 16.9. The van der Waals surface area contributed by atoms with Gasteiger partial charge in [0.1, 0.15) is 13.2 Å². The Morgan fingerprint density at radius 2 is 0.474 bits per heavy atom. The van der Waals surface area contributed by atoms with Gasteiger partial charge in [-0.2, -0.15) is 0 Å². The van der Waals surface area contributed by atoms with Crippen molar-refractivity contribution in [2.24, 2.45) is 0 Å². The zero-order chi connectivity index (χ0) is 56.4. The predicted octanol–water partition coefficient (Wildman–Crippen LogP) is 24.2. The first-order valence-electron chi connectivity index (χ1n) is 35.3. The SMILES string of the molecule is CCCC/C=C\C/C=C\CCCCCCCC(=O)OC(COC(=O)CCCCCCCCCCCCC)COC(=O)CCCCCCCCCCCCCCCCCCCCCCCCCCCCCCCCCCCCC. The third kappa shape index (κ3) is 64.7. The summed E-state index contributed by atoms with van der Waals surface area (Å²) in [6, 6.07) is 0. The predicted molar refractivity (Wildman–Crippen MR) is 340 cm³/mol. The summed E-state index contributed by atoms with van der Waals surface area (Å²) in [6.07, 6.45) is 82.4. The van der Waals surface area contributed by atoms with Gasteiger partial charge in [0.2, 0.25) is 0 Å². The molecule has 0 aliphatic carbocycles. The second-order valence-corrected chi connectivity index (χ2v) is 24.2. The van der Waals surface area contributed by atoms with Gasteiger partial charge in [0.15, 0.2) is 6.10 Å². The van der Waals surface area contributed by atoms with Gasteiger partial charge in [-0.1, -0.05) is 360 Å². The maximum absolute atomic E-state index is 12.9. The van der Waals surface area contributed by atoms with Gasteiger partial charge in [0, 0.05) is 19.3 Å². The van der Waals surface area contributed by atoms with Crippen LogP contribution in [0.15, 0.2) is 24.3 Å². The molecule has 78 heavy (non-hydrogen) atoms. The Kier molecular flexibility index (Phi) is 65.6. The molecule has 0 saturated carbocycles. The Morgan fingerprint density at radius 3 is 0.744 bits per heavy atom. The molecule has 0 amide bonds. The molecule has 460 valence electrons. The molecule has 0 bridgehead atoms. The van der Waals surface area contributed by atoms with E-state index in [1.807, 2.05) is 0 Å². The van der Waals surface area contributed by atoms with Crippen LogP contribution >= 0.6 is 0 Å². The number of allylic oxidation sites excluding steroid dienone is 4. The Bertz CT molecular complexity index is 1260. The number of unbranched alkanes of at least 4 members (excludes halogenated alkanes) is 51. The Morgan fingerprint density at radius 1 is 0.256 bits per heavy atom. The molecular formula is C72H136O6. The van der Waals surface area contributed by atoms with Gasteiger partial charge in [-0.25, -0.2) is 0 Å². The van der Waals surface area contributed by atoms with Gasteiger partial charge >= 0.3 is 17.9 Å². The van der Waals surface area contributed by atoms with Crippen molar-refractivity contribution in [3.8, 4) is 0 Å². The largest absolute Gasteiger partial charge is 0.462 e. The number of carbonyl (C=O) groups excluding carboxylic acids is 3. The molecule has 0 saturated heterocycles. The number of hydrogen-bond donors (Lipinski definition) is 0. The first-order chi connectivity index (χ1) is 38.5. The number of esters is 3. The standard InChI is InChI=1S/C72H136O6/c1-4-7-10-13-16-19-22-24-26-27-28-29-30-31-32-33-34-35-36-37-38-39-40-41-42-43-44-45-46-48-50-53-56-59-62-65-71(74)77-68-69(67-76-70(73)64-61-58-55-52-49-21-18-15-12-9-6-3)78-72(75)66-63-60-57-54-51-47-25-23-20-17-14-11-8-5-2/h14,17,23,25,69H,4-13,15-16,18-22,24,26-68H2,1-3H3/b17-14-,25-23-. The number of rotatable bonds is 66. The third-order valence-corrected chi connectivity index (χ3v) is 16.2. The summed E-state index contributed by atoms with van der Waals surface area (Å²) >= 11 is 0. The maximum Gasteiger partial charge on any atom is 0.306 e. The first-order valence-corrected chi connectivity index (χ1v) is 35.3. The maximum atomic E-state index is 12.9. The van der Waals surface area contributed by atoms with E-state index in [1.165, 1.54) is 276 Å².